The summed E-state index contributed by atoms with van der Waals surface area (Å²) >= 11 is 0. The van der Waals surface area contributed by atoms with Crippen LogP contribution in [0.4, 0.5) is 4.79 Å². The summed E-state index contributed by atoms with van der Waals surface area (Å²) in [5, 5.41) is 22.6. The van der Waals surface area contributed by atoms with Gasteiger partial charge in [0, 0.05) is 13.1 Å². The lowest BCUT2D eigenvalue weighted by molar-refractivity contribution is -0.141. The summed E-state index contributed by atoms with van der Waals surface area (Å²) in [7, 11) is 0. The standard InChI is InChI=1S/C12H21N3O5/c1-7(10(17)15-5-3-4-6-15)13-12(20)14-9(8(2)16)11(18)19/h7-9,16H,3-6H2,1-2H3,(H,18,19)(H2,13,14,20)/t7?,8-,9+/m1/s1. The van der Waals surface area contributed by atoms with Crippen molar-refractivity contribution in [3.8, 4) is 0 Å². The molecule has 1 heterocycles. The molecule has 3 atom stereocenters. The van der Waals surface area contributed by atoms with E-state index in [2.05, 4.69) is 10.6 Å². The lowest BCUT2D eigenvalue weighted by atomic mass is 10.2. The minimum Gasteiger partial charge on any atom is -0.480 e. The number of nitrogens with one attached hydrogen (secondary N) is 2. The molecule has 114 valence electrons. The van der Waals surface area contributed by atoms with Crippen LogP contribution in [-0.2, 0) is 9.59 Å². The fourth-order valence-corrected chi connectivity index (χ4v) is 2.04. The van der Waals surface area contributed by atoms with Gasteiger partial charge in [-0.3, -0.25) is 4.79 Å². The topological polar surface area (TPSA) is 119 Å². The van der Waals surface area contributed by atoms with Gasteiger partial charge in [0.25, 0.3) is 0 Å². The largest absolute Gasteiger partial charge is 0.480 e. The van der Waals surface area contributed by atoms with Crippen molar-refractivity contribution in [2.75, 3.05) is 13.1 Å². The van der Waals surface area contributed by atoms with E-state index in [9.17, 15) is 19.5 Å². The first-order valence-electron chi connectivity index (χ1n) is 6.59. The van der Waals surface area contributed by atoms with Crippen molar-refractivity contribution in [3.05, 3.63) is 0 Å². The molecule has 1 aliphatic heterocycles. The maximum atomic E-state index is 12.0. The molecular formula is C12H21N3O5. The quantitative estimate of drug-likeness (QED) is 0.524. The van der Waals surface area contributed by atoms with Crippen molar-refractivity contribution >= 4 is 17.9 Å². The van der Waals surface area contributed by atoms with Crippen LogP contribution in [0.1, 0.15) is 26.7 Å². The monoisotopic (exact) mass is 287 g/mol. The summed E-state index contributed by atoms with van der Waals surface area (Å²) in [6.45, 7) is 4.16. The van der Waals surface area contributed by atoms with Crippen LogP contribution in [0.25, 0.3) is 0 Å². The van der Waals surface area contributed by atoms with Gasteiger partial charge >= 0.3 is 12.0 Å². The molecule has 0 radical (unpaired) electrons. The zero-order valence-corrected chi connectivity index (χ0v) is 11.6. The summed E-state index contributed by atoms with van der Waals surface area (Å²) in [6, 6.07) is -2.95. The minimum absolute atomic E-state index is 0.193. The average Bonchev–Trinajstić information content (AvgIpc) is 2.87. The van der Waals surface area contributed by atoms with E-state index in [1.165, 1.54) is 6.92 Å². The highest BCUT2D eigenvalue weighted by molar-refractivity contribution is 5.88. The van der Waals surface area contributed by atoms with Crippen molar-refractivity contribution in [2.45, 2.75) is 44.9 Å². The molecule has 0 aromatic rings. The lowest BCUT2D eigenvalue weighted by Gasteiger charge is -2.23. The summed E-state index contributed by atoms with van der Waals surface area (Å²) in [6.07, 6.45) is 0.671. The van der Waals surface area contributed by atoms with Gasteiger partial charge in [-0.2, -0.15) is 0 Å². The van der Waals surface area contributed by atoms with E-state index in [0.29, 0.717) is 13.1 Å². The fourth-order valence-electron chi connectivity index (χ4n) is 2.04. The predicted molar refractivity (Wildman–Crippen MR) is 70.0 cm³/mol. The van der Waals surface area contributed by atoms with E-state index in [-0.39, 0.29) is 5.91 Å². The van der Waals surface area contributed by atoms with E-state index in [1.54, 1.807) is 11.8 Å². The number of aliphatic hydroxyl groups excluding tert-OH is 1. The number of likely N-dealkylation sites (tertiary alicyclic amines) is 1. The number of nitrogens with zero attached hydrogens (tertiary/aromatic N) is 1. The number of urea groups is 1. The number of carbonyl (C=O) groups is 3. The Morgan fingerprint density at radius 1 is 1.10 bits per heavy atom. The first-order chi connectivity index (χ1) is 9.32. The Hall–Kier alpha value is -1.83. The van der Waals surface area contributed by atoms with E-state index < -0.39 is 30.2 Å². The molecule has 8 nitrogen and oxygen atoms in total. The Bertz CT molecular complexity index is 379. The van der Waals surface area contributed by atoms with E-state index in [0.717, 1.165) is 12.8 Å². The molecule has 4 N–H and O–H groups in total. The van der Waals surface area contributed by atoms with E-state index >= 15 is 0 Å². The molecule has 0 aliphatic carbocycles. The molecule has 1 aliphatic rings. The van der Waals surface area contributed by atoms with Gasteiger partial charge in [0.1, 0.15) is 6.04 Å². The maximum absolute atomic E-state index is 12.0. The average molecular weight is 287 g/mol. The molecule has 1 rings (SSSR count). The van der Waals surface area contributed by atoms with E-state index in [1.807, 2.05) is 0 Å². The maximum Gasteiger partial charge on any atom is 0.328 e. The van der Waals surface area contributed by atoms with Crippen LogP contribution in [0.3, 0.4) is 0 Å². The highest BCUT2D eigenvalue weighted by atomic mass is 16.4. The molecule has 0 bridgehead atoms. The molecule has 0 aromatic heterocycles. The first kappa shape index (κ1) is 16.2. The first-order valence-corrected chi connectivity index (χ1v) is 6.59. The van der Waals surface area contributed by atoms with Crippen molar-refractivity contribution in [1.82, 2.24) is 15.5 Å². The second kappa shape index (κ2) is 7.09. The normalized spacial score (nSPS) is 19.1. The van der Waals surface area contributed by atoms with Crippen molar-refractivity contribution in [3.63, 3.8) is 0 Å². The number of hydrogen-bond acceptors (Lipinski definition) is 4. The van der Waals surface area contributed by atoms with Crippen LogP contribution >= 0.6 is 0 Å². The van der Waals surface area contributed by atoms with Gasteiger partial charge < -0.3 is 25.7 Å². The Morgan fingerprint density at radius 2 is 1.65 bits per heavy atom. The Labute approximate surface area is 117 Å². The van der Waals surface area contributed by atoms with Gasteiger partial charge in [-0.15, -0.1) is 0 Å². The van der Waals surface area contributed by atoms with Gasteiger partial charge in [0.05, 0.1) is 6.10 Å². The number of aliphatic carboxylic acids is 1. The third-order valence-corrected chi connectivity index (χ3v) is 3.17. The number of hydrogen-bond donors (Lipinski definition) is 4. The number of amides is 3. The van der Waals surface area contributed by atoms with Crippen molar-refractivity contribution in [1.29, 1.82) is 0 Å². The highest BCUT2D eigenvalue weighted by Crippen LogP contribution is 2.08. The summed E-state index contributed by atoms with van der Waals surface area (Å²) < 4.78 is 0. The SMILES string of the molecule is CC(NC(=O)N[C@H](C(=O)O)[C@@H](C)O)C(=O)N1CCCC1. The molecule has 0 aromatic carbocycles. The third kappa shape index (κ3) is 4.37. The van der Waals surface area contributed by atoms with Crippen LogP contribution in [-0.4, -0.2) is 64.3 Å². The molecule has 1 fully saturated rings. The minimum atomic E-state index is -1.41. The molecule has 20 heavy (non-hydrogen) atoms. The van der Waals surface area contributed by atoms with Gasteiger partial charge in [0.2, 0.25) is 5.91 Å². The smallest absolute Gasteiger partial charge is 0.328 e. The number of carbonyl (C=O) groups excluding carboxylic acids is 2. The van der Waals surface area contributed by atoms with Gasteiger partial charge in [-0.05, 0) is 26.7 Å². The molecule has 0 saturated carbocycles. The van der Waals surface area contributed by atoms with Crippen LogP contribution < -0.4 is 10.6 Å². The predicted octanol–water partition coefficient (Wildman–Crippen LogP) is -0.869. The third-order valence-electron chi connectivity index (χ3n) is 3.17. The second-order valence-electron chi connectivity index (χ2n) is 4.93. The number of aliphatic hydroxyl groups is 1. The molecular weight excluding hydrogens is 266 g/mol. The summed E-state index contributed by atoms with van der Waals surface area (Å²) in [5.41, 5.74) is 0. The van der Waals surface area contributed by atoms with Crippen molar-refractivity contribution < 1.29 is 24.6 Å². The second-order valence-corrected chi connectivity index (χ2v) is 4.93. The molecule has 1 unspecified atom stereocenters. The van der Waals surface area contributed by atoms with Crippen molar-refractivity contribution in [2.24, 2.45) is 0 Å². The van der Waals surface area contributed by atoms with Crippen LogP contribution in [0, 0.1) is 0 Å². The van der Waals surface area contributed by atoms with Gasteiger partial charge in [-0.25, -0.2) is 9.59 Å². The zero-order valence-electron chi connectivity index (χ0n) is 11.6. The highest BCUT2D eigenvalue weighted by Gasteiger charge is 2.28. The number of carboxylic acid groups (broad SMARTS) is 1. The zero-order chi connectivity index (χ0) is 15.3. The van der Waals surface area contributed by atoms with Gasteiger partial charge in [0.15, 0.2) is 6.04 Å². The summed E-state index contributed by atoms with van der Waals surface area (Å²) in [4.78, 5) is 36.1. The molecule has 3 amide bonds. The van der Waals surface area contributed by atoms with Crippen LogP contribution in [0.5, 0.6) is 0 Å². The summed E-state index contributed by atoms with van der Waals surface area (Å²) in [5.74, 6) is -1.53. The van der Waals surface area contributed by atoms with Crippen LogP contribution in [0.2, 0.25) is 0 Å². The Morgan fingerprint density at radius 3 is 2.10 bits per heavy atom. The van der Waals surface area contributed by atoms with Crippen LogP contribution in [0.15, 0.2) is 0 Å². The number of rotatable bonds is 5. The van der Waals surface area contributed by atoms with Gasteiger partial charge in [-0.1, -0.05) is 0 Å². The Balaban J connectivity index is 2.48. The number of carboxylic acids is 1. The fraction of sp³-hybridized carbons (Fsp3) is 0.750. The van der Waals surface area contributed by atoms with E-state index in [4.69, 9.17) is 5.11 Å². The molecule has 0 spiro atoms. The Kier molecular flexibility index (Phi) is 5.75. The molecule has 8 heteroatoms. The lowest BCUT2D eigenvalue weighted by Crippen LogP contribution is -2.55. The molecule has 1 saturated heterocycles.